The van der Waals surface area contributed by atoms with Gasteiger partial charge in [-0.15, -0.1) is 0 Å². The van der Waals surface area contributed by atoms with Crippen molar-refractivity contribution in [3.8, 4) is 0 Å². The number of likely N-dealkylation sites (N-methyl/N-ethyl adjacent to an activating group) is 2. The van der Waals surface area contributed by atoms with E-state index in [1.165, 1.54) is 4.90 Å². The van der Waals surface area contributed by atoms with Crippen LogP contribution in [0.5, 0.6) is 0 Å². The molecule has 2 aliphatic rings. The first-order valence-electron chi connectivity index (χ1n) is 10.6. The van der Waals surface area contributed by atoms with Gasteiger partial charge in [0.05, 0.1) is 17.9 Å². The maximum absolute atomic E-state index is 13.4. The van der Waals surface area contributed by atoms with Gasteiger partial charge in [0.1, 0.15) is 5.70 Å². The van der Waals surface area contributed by atoms with Gasteiger partial charge in [-0.2, -0.15) is 0 Å². The van der Waals surface area contributed by atoms with Gasteiger partial charge >= 0.3 is 0 Å². The summed E-state index contributed by atoms with van der Waals surface area (Å²) in [5.74, 6) is -0.713. The van der Waals surface area contributed by atoms with Gasteiger partial charge in [0, 0.05) is 45.5 Å². The molecule has 0 bridgehead atoms. The van der Waals surface area contributed by atoms with E-state index in [9.17, 15) is 14.7 Å². The molecular formula is C24H28N4O3. The molecule has 0 unspecified atom stereocenters. The molecule has 7 heteroatoms. The third-order valence-electron chi connectivity index (χ3n) is 5.92. The van der Waals surface area contributed by atoms with E-state index in [0.717, 1.165) is 31.9 Å². The number of amides is 2. The molecule has 1 fully saturated rings. The van der Waals surface area contributed by atoms with E-state index in [1.807, 2.05) is 54.6 Å². The van der Waals surface area contributed by atoms with E-state index in [4.69, 9.17) is 0 Å². The monoisotopic (exact) mass is 420 g/mol. The summed E-state index contributed by atoms with van der Waals surface area (Å²) in [5.41, 5.74) is 3.01. The molecule has 2 aromatic carbocycles. The van der Waals surface area contributed by atoms with E-state index < -0.39 is 0 Å². The summed E-state index contributed by atoms with van der Waals surface area (Å²) in [6.45, 7) is 4.08. The lowest BCUT2D eigenvalue weighted by atomic mass is 10.0. The second-order valence-electron chi connectivity index (χ2n) is 7.99. The van der Waals surface area contributed by atoms with Crippen molar-refractivity contribution in [1.29, 1.82) is 0 Å². The number of rotatable bonds is 6. The number of benzene rings is 2. The smallest absolute Gasteiger partial charge is 0.282 e. The zero-order valence-corrected chi connectivity index (χ0v) is 18.0. The largest absolute Gasteiger partial charge is 0.395 e. The van der Waals surface area contributed by atoms with Crippen LogP contribution < -0.4 is 9.80 Å². The van der Waals surface area contributed by atoms with E-state index in [1.54, 1.807) is 11.9 Å². The zero-order valence-electron chi connectivity index (χ0n) is 18.0. The lowest BCUT2D eigenvalue weighted by Crippen LogP contribution is -2.44. The van der Waals surface area contributed by atoms with Crippen LogP contribution in [0.2, 0.25) is 0 Å². The van der Waals surface area contributed by atoms with Crippen LogP contribution in [0.15, 0.2) is 60.3 Å². The molecule has 2 heterocycles. The number of anilines is 2. The topological polar surface area (TPSA) is 67.3 Å². The standard InChI is InChI=1S/C24H28N4O3/c1-25-12-14-27(15-13-25)19-8-10-20(11-9-19)28-23(30)21(18-6-4-3-5-7-18)22(24(28)31)26(2)16-17-29/h3-11,29H,12-17H2,1-2H3. The van der Waals surface area contributed by atoms with Crippen LogP contribution in [0.25, 0.3) is 5.57 Å². The molecule has 162 valence electrons. The lowest BCUT2D eigenvalue weighted by molar-refractivity contribution is -0.120. The Balaban J connectivity index is 1.64. The van der Waals surface area contributed by atoms with Gasteiger partial charge in [0.15, 0.2) is 0 Å². The fourth-order valence-corrected chi connectivity index (χ4v) is 4.11. The van der Waals surface area contributed by atoms with Crippen LogP contribution in [0, 0.1) is 0 Å². The Morgan fingerprint density at radius 2 is 1.48 bits per heavy atom. The Morgan fingerprint density at radius 3 is 2.10 bits per heavy atom. The minimum absolute atomic E-state index is 0.108. The zero-order chi connectivity index (χ0) is 22.0. The summed E-state index contributed by atoms with van der Waals surface area (Å²) in [7, 11) is 3.84. The first-order valence-corrected chi connectivity index (χ1v) is 10.6. The van der Waals surface area contributed by atoms with Crippen LogP contribution in [-0.4, -0.2) is 80.1 Å². The van der Waals surface area contributed by atoms with Crippen molar-refractivity contribution in [3.63, 3.8) is 0 Å². The van der Waals surface area contributed by atoms with E-state index in [-0.39, 0.29) is 25.0 Å². The molecule has 0 aromatic heterocycles. The Kier molecular flexibility index (Phi) is 6.06. The summed E-state index contributed by atoms with van der Waals surface area (Å²) in [6, 6.07) is 16.8. The van der Waals surface area contributed by atoms with Crippen LogP contribution in [-0.2, 0) is 9.59 Å². The van der Waals surface area contributed by atoms with Gasteiger partial charge in [-0.25, -0.2) is 4.90 Å². The number of hydrogen-bond donors (Lipinski definition) is 1. The molecule has 2 aromatic rings. The molecule has 0 saturated carbocycles. The number of piperazine rings is 1. The summed E-state index contributed by atoms with van der Waals surface area (Å²) in [6.07, 6.45) is 0. The summed E-state index contributed by atoms with van der Waals surface area (Å²) >= 11 is 0. The Morgan fingerprint density at radius 1 is 0.871 bits per heavy atom. The third kappa shape index (κ3) is 4.06. The fraction of sp³-hybridized carbons (Fsp3) is 0.333. The average molecular weight is 421 g/mol. The van der Waals surface area contributed by atoms with Crippen molar-refractivity contribution in [2.45, 2.75) is 0 Å². The predicted molar refractivity (Wildman–Crippen MR) is 122 cm³/mol. The van der Waals surface area contributed by atoms with Crippen LogP contribution in [0.1, 0.15) is 5.56 Å². The summed E-state index contributed by atoms with van der Waals surface area (Å²) in [4.78, 5) is 34.2. The molecule has 2 aliphatic heterocycles. The first kappa shape index (κ1) is 21.1. The number of aliphatic hydroxyl groups is 1. The number of nitrogens with zero attached hydrogens (tertiary/aromatic N) is 4. The molecule has 1 saturated heterocycles. The Labute approximate surface area is 182 Å². The molecule has 2 amide bonds. The van der Waals surface area contributed by atoms with Crippen LogP contribution >= 0.6 is 0 Å². The quantitative estimate of drug-likeness (QED) is 0.717. The third-order valence-corrected chi connectivity index (χ3v) is 5.92. The predicted octanol–water partition coefficient (Wildman–Crippen LogP) is 1.65. The molecule has 31 heavy (non-hydrogen) atoms. The van der Waals surface area contributed by atoms with Gasteiger partial charge in [-0.1, -0.05) is 30.3 Å². The molecular weight excluding hydrogens is 392 g/mol. The second-order valence-corrected chi connectivity index (χ2v) is 7.99. The molecule has 4 rings (SSSR count). The molecule has 0 radical (unpaired) electrons. The van der Waals surface area contributed by atoms with Crippen molar-refractivity contribution >= 4 is 28.8 Å². The van der Waals surface area contributed by atoms with Gasteiger partial charge in [-0.3, -0.25) is 9.59 Å². The minimum atomic E-state index is -0.368. The summed E-state index contributed by atoms with van der Waals surface area (Å²) < 4.78 is 0. The van der Waals surface area contributed by atoms with Crippen LogP contribution in [0.3, 0.4) is 0 Å². The van der Waals surface area contributed by atoms with Crippen molar-refractivity contribution in [3.05, 3.63) is 65.9 Å². The van der Waals surface area contributed by atoms with E-state index >= 15 is 0 Å². The fourth-order valence-electron chi connectivity index (χ4n) is 4.11. The maximum Gasteiger partial charge on any atom is 0.282 e. The highest BCUT2D eigenvalue weighted by molar-refractivity contribution is 6.45. The number of carbonyl (C=O) groups excluding carboxylic acids is 2. The Hall–Kier alpha value is -3.16. The lowest BCUT2D eigenvalue weighted by Gasteiger charge is -2.34. The highest BCUT2D eigenvalue weighted by Crippen LogP contribution is 2.35. The van der Waals surface area contributed by atoms with Gasteiger partial charge in [-0.05, 0) is 36.9 Å². The van der Waals surface area contributed by atoms with Crippen molar-refractivity contribution in [1.82, 2.24) is 9.80 Å². The average Bonchev–Trinajstić information content (AvgIpc) is 3.05. The highest BCUT2D eigenvalue weighted by Gasteiger charge is 2.41. The summed E-state index contributed by atoms with van der Waals surface area (Å²) in [5, 5.41) is 9.38. The second kappa shape index (κ2) is 8.91. The number of imide groups is 1. The first-order chi connectivity index (χ1) is 15.0. The number of aliphatic hydroxyl groups excluding tert-OH is 1. The maximum atomic E-state index is 13.4. The molecule has 7 nitrogen and oxygen atoms in total. The SMILES string of the molecule is CN1CCN(c2ccc(N3C(=O)C(c4ccccc4)=C(N(C)CCO)C3=O)cc2)CC1. The molecule has 0 spiro atoms. The van der Waals surface area contributed by atoms with Crippen LogP contribution in [0.4, 0.5) is 11.4 Å². The van der Waals surface area contributed by atoms with E-state index in [0.29, 0.717) is 22.5 Å². The highest BCUT2D eigenvalue weighted by atomic mass is 16.3. The van der Waals surface area contributed by atoms with Crippen molar-refractivity contribution < 1.29 is 14.7 Å². The van der Waals surface area contributed by atoms with Crippen molar-refractivity contribution in [2.75, 3.05) is 63.2 Å². The minimum Gasteiger partial charge on any atom is -0.395 e. The van der Waals surface area contributed by atoms with Gasteiger partial charge in [0.2, 0.25) is 0 Å². The molecule has 0 atom stereocenters. The number of carbonyl (C=O) groups is 2. The Bertz CT molecular complexity index is 980. The molecule has 0 aliphatic carbocycles. The normalized spacial score (nSPS) is 17.6. The number of hydrogen-bond acceptors (Lipinski definition) is 6. The van der Waals surface area contributed by atoms with Gasteiger partial charge in [0.25, 0.3) is 11.8 Å². The molecule has 1 N–H and O–H groups in total. The van der Waals surface area contributed by atoms with E-state index in [2.05, 4.69) is 16.8 Å². The van der Waals surface area contributed by atoms with Gasteiger partial charge < -0.3 is 19.8 Å². The van der Waals surface area contributed by atoms with Crippen molar-refractivity contribution in [2.24, 2.45) is 0 Å².